The highest BCUT2D eigenvalue weighted by atomic mass is 32.2. The van der Waals surface area contributed by atoms with Gasteiger partial charge in [0.2, 0.25) is 17.7 Å². The van der Waals surface area contributed by atoms with Gasteiger partial charge in [-0.1, -0.05) is 38.5 Å². The number of ether oxygens (including phenoxy) is 1. The van der Waals surface area contributed by atoms with Crippen molar-refractivity contribution in [1.82, 2.24) is 25.3 Å². The number of benzene rings is 3. The molecule has 2 aromatic carbocycles. The van der Waals surface area contributed by atoms with Crippen molar-refractivity contribution in [2.45, 2.75) is 101 Å². The molecule has 2 unspecified atom stereocenters. The fraction of sp³-hybridized carbons (Fsp3) is 0.417. The molecule has 3 aliphatic heterocycles. The van der Waals surface area contributed by atoms with Gasteiger partial charge in [0.1, 0.15) is 29.4 Å². The lowest BCUT2D eigenvalue weighted by Gasteiger charge is -2.25. The van der Waals surface area contributed by atoms with E-state index in [0.717, 1.165) is 54.9 Å². The number of likely N-dealkylation sites (tertiary alicyclic amines) is 1. The number of phenols is 1. The molecule has 3 aromatic rings. The third kappa shape index (κ3) is 13.3. The van der Waals surface area contributed by atoms with Crippen molar-refractivity contribution in [2.75, 3.05) is 25.5 Å². The van der Waals surface area contributed by atoms with Crippen LogP contribution in [0.15, 0.2) is 79.6 Å². The van der Waals surface area contributed by atoms with E-state index in [9.17, 15) is 63.1 Å². The Hall–Kier alpha value is -6.46. The second-order valence-corrected chi connectivity index (χ2v) is 20.1. The number of aliphatic hydroxyl groups is 1. The molecule has 0 bridgehead atoms. The number of hydrazine groups is 1. The molecule has 5 atom stereocenters. The molecule has 4 aliphatic rings. The number of aromatic amines is 1. The van der Waals surface area contributed by atoms with Crippen molar-refractivity contribution >= 4 is 60.2 Å². The second-order valence-electron chi connectivity index (χ2n) is 17.4. The van der Waals surface area contributed by atoms with E-state index in [2.05, 4.69) is 15.8 Å². The SMILES string of the molecule is Cc1cn([C@H]2C[C@@H](O)[C@@H](COP(=O)([O-])OCCSC3CC(=O)N(CCCCCCCCCCC(=O)NNC(=O)c4ccc(C(=O)O)c(-c5c6ccc(=O)cc-6oc6cc(O)ccc56)c4)C3=O)O2)c(=O)[nH]c1=O. The number of unbranched alkanes of at least 4 members (excludes halogenated alkanes) is 7. The molecule has 0 saturated carbocycles. The number of carboxylic acids is 1. The van der Waals surface area contributed by atoms with E-state index in [-0.39, 0.29) is 94.8 Å². The highest BCUT2D eigenvalue weighted by Crippen LogP contribution is 2.43. The zero-order chi connectivity index (χ0) is 51.7. The molecule has 22 nitrogen and oxygen atoms in total. The molecule has 1 aromatic heterocycles. The maximum absolute atomic E-state index is 13.2. The Balaban J connectivity index is 0.746. The number of aromatic hydroxyl groups is 1. The Kier molecular flexibility index (Phi) is 17.7. The average molecular weight is 1040 g/mol. The molecule has 7 rings (SSSR count). The van der Waals surface area contributed by atoms with Crippen LogP contribution in [0.3, 0.4) is 0 Å². The topological polar surface area (TPSA) is 326 Å². The average Bonchev–Trinajstić information content (AvgIpc) is 3.84. The maximum atomic E-state index is 13.2. The highest BCUT2D eigenvalue weighted by molar-refractivity contribution is 8.00. The molecular weight excluding hydrogens is 982 g/mol. The number of carbonyl (C=O) groups is 5. The first kappa shape index (κ1) is 53.3. The van der Waals surface area contributed by atoms with Gasteiger partial charge in [0.25, 0.3) is 19.3 Å². The van der Waals surface area contributed by atoms with Crippen LogP contribution in [0.4, 0.5) is 0 Å². The quantitative estimate of drug-likeness (QED) is 0.0176. The second kappa shape index (κ2) is 23.8. The molecule has 0 radical (unpaired) electrons. The summed E-state index contributed by atoms with van der Waals surface area (Å²) in [6.07, 6.45) is 4.45. The zero-order valence-electron chi connectivity index (χ0n) is 39.0. The van der Waals surface area contributed by atoms with Gasteiger partial charge in [0.15, 0.2) is 5.43 Å². The first-order valence-electron chi connectivity index (χ1n) is 23.3. The number of carbonyl (C=O) groups excluding carboxylic acids is 4. The summed E-state index contributed by atoms with van der Waals surface area (Å²) in [5.41, 5.74) is 4.41. The number of nitrogens with zero attached hydrogens (tertiary/aromatic N) is 2. The molecule has 6 N–H and O–H groups in total. The smallest absolute Gasteiger partial charge is 0.336 e. The van der Waals surface area contributed by atoms with Gasteiger partial charge in [0.05, 0.1) is 30.1 Å². The molecule has 24 heteroatoms. The van der Waals surface area contributed by atoms with Gasteiger partial charge in [-0.25, -0.2) is 9.59 Å². The largest absolute Gasteiger partial charge is 0.756 e. The van der Waals surface area contributed by atoms with Crippen molar-refractivity contribution in [3.05, 3.63) is 109 Å². The van der Waals surface area contributed by atoms with Crippen LogP contribution >= 0.6 is 19.6 Å². The van der Waals surface area contributed by atoms with E-state index >= 15 is 0 Å². The number of aryl methyl sites for hydroxylation is 1. The van der Waals surface area contributed by atoms with Crippen molar-refractivity contribution in [3.8, 4) is 28.2 Å². The van der Waals surface area contributed by atoms with Crippen LogP contribution in [0.2, 0.25) is 0 Å². The van der Waals surface area contributed by atoms with Crippen LogP contribution in [0.1, 0.15) is 103 Å². The number of aliphatic hydroxyl groups excluding tert-OH is 1. The number of phosphoric ester groups is 1. The normalized spacial score (nSPS) is 18.7. The third-order valence-electron chi connectivity index (χ3n) is 12.2. The number of rotatable bonds is 23. The van der Waals surface area contributed by atoms with E-state index < -0.39 is 67.1 Å². The van der Waals surface area contributed by atoms with Gasteiger partial charge < -0.3 is 38.4 Å². The number of aromatic nitrogens is 2. The van der Waals surface area contributed by atoms with Gasteiger partial charge in [-0.05, 0) is 67.8 Å². The Labute approximate surface area is 414 Å². The summed E-state index contributed by atoms with van der Waals surface area (Å²) in [6, 6.07) is 12.3. The molecule has 0 spiro atoms. The zero-order valence-corrected chi connectivity index (χ0v) is 40.7. The maximum Gasteiger partial charge on any atom is 0.336 e. The number of nitrogens with one attached hydrogen (secondary N) is 3. The number of hydrogen-bond acceptors (Lipinski definition) is 17. The molecule has 384 valence electrons. The number of carboxylic acid groups (broad SMARTS) is 1. The number of fused-ring (bicyclic) bond motifs is 2. The summed E-state index contributed by atoms with van der Waals surface area (Å²) < 4.78 is 34.8. The lowest BCUT2D eigenvalue weighted by Crippen LogP contribution is -2.41. The number of H-pyrrole nitrogens is 1. The lowest BCUT2D eigenvalue weighted by atomic mass is 9.89. The molecule has 4 heterocycles. The van der Waals surface area contributed by atoms with Gasteiger partial charge in [-0.3, -0.25) is 58.6 Å². The Morgan fingerprint density at radius 3 is 2.40 bits per heavy atom. The van der Waals surface area contributed by atoms with E-state index in [1.807, 2.05) is 0 Å². The first-order valence-corrected chi connectivity index (χ1v) is 25.8. The van der Waals surface area contributed by atoms with Gasteiger partial charge in [0, 0.05) is 77.5 Å². The van der Waals surface area contributed by atoms with E-state index in [4.69, 9.17) is 18.2 Å². The van der Waals surface area contributed by atoms with Gasteiger partial charge >= 0.3 is 11.7 Å². The predicted octanol–water partition coefficient (Wildman–Crippen LogP) is 4.11. The molecule has 2 fully saturated rings. The molecule has 2 saturated heterocycles. The number of aromatic carboxylic acids is 1. The van der Waals surface area contributed by atoms with E-state index in [1.165, 1.54) is 66.6 Å². The minimum absolute atomic E-state index is 0.0133. The minimum atomic E-state index is -4.85. The van der Waals surface area contributed by atoms with Crippen molar-refractivity contribution < 1.29 is 67.0 Å². The Bertz CT molecular complexity index is 3050. The van der Waals surface area contributed by atoms with Gasteiger partial charge in [-0.2, -0.15) is 0 Å². The third-order valence-corrected chi connectivity index (χ3v) is 14.4. The highest BCUT2D eigenvalue weighted by Gasteiger charge is 2.39. The number of amides is 4. The van der Waals surface area contributed by atoms with Crippen molar-refractivity contribution in [2.24, 2.45) is 0 Å². The lowest BCUT2D eigenvalue weighted by molar-refractivity contribution is -0.228. The predicted molar refractivity (Wildman–Crippen MR) is 258 cm³/mol. The fourth-order valence-corrected chi connectivity index (χ4v) is 10.3. The van der Waals surface area contributed by atoms with Crippen molar-refractivity contribution in [1.29, 1.82) is 0 Å². The number of imide groups is 1. The summed E-state index contributed by atoms with van der Waals surface area (Å²) in [6.45, 7) is 0.842. The Morgan fingerprint density at radius 1 is 0.917 bits per heavy atom. The number of hydrogen-bond donors (Lipinski definition) is 6. The van der Waals surface area contributed by atoms with Crippen molar-refractivity contribution in [3.63, 3.8) is 0 Å². The van der Waals surface area contributed by atoms with E-state index in [0.29, 0.717) is 29.4 Å². The van der Waals surface area contributed by atoms with Crippen LogP contribution in [0.5, 0.6) is 5.75 Å². The van der Waals surface area contributed by atoms with Crippen LogP contribution in [0, 0.1) is 6.92 Å². The van der Waals surface area contributed by atoms with Crippen LogP contribution in [0.25, 0.3) is 33.4 Å². The summed E-state index contributed by atoms with van der Waals surface area (Å²) >= 11 is 1.10. The summed E-state index contributed by atoms with van der Waals surface area (Å²) in [5.74, 6) is -2.90. The number of thioether (sulfide) groups is 1. The summed E-state index contributed by atoms with van der Waals surface area (Å²) in [7, 11) is -4.85. The summed E-state index contributed by atoms with van der Waals surface area (Å²) in [5, 5.41) is 30.3. The molecule has 1 aliphatic carbocycles. The van der Waals surface area contributed by atoms with Gasteiger partial charge in [-0.15, -0.1) is 11.8 Å². The first-order chi connectivity index (χ1) is 34.4. The standard InChI is InChI=1S/C48H54N5O17PS/c1-27-25-53(48(64)49-44(27)59)42-23-35(56)38(70-42)26-68-71(65,66)67-18-19-72-39-24-41(58)52(46(39)61)17-9-7-5-3-2-4-6-8-10-40(57)50-51-45(60)28-11-14-31(47(62)63)34(20-28)43-32-15-12-29(54)21-36(32)69-37-22-30(55)13-16-33(37)43/h11-16,20-22,25,35,38-39,42,54,56H,2-10,17-19,23-24,26H2,1H3,(H,50,57)(H,51,60)(H,62,63)(H,65,66)(H,49,59,64)/p-1/t35-,38-,39?,42-/m1/s1. The minimum Gasteiger partial charge on any atom is -0.756 e. The van der Waals surface area contributed by atoms with E-state index in [1.54, 1.807) is 6.07 Å². The fourth-order valence-electron chi connectivity index (χ4n) is 8.50. The molecule has 4 amide bonds. The molecular formula is C48H53N5O17PS-. The Morgan fingerprint density at radius 2 is 1.65 bits per heavy atom. The summed E-state index contributed by atoms with van der Waals surface area (Å²) in [4.78, 5) is 116. The van der Waals surface area contributed by atoms with Crippen LogP contribution in [-0.2, 0) is 32.7 Å². The number of phosphoric acid groups is 1. The molecule has 72 heavy (non-hydrogen) atoms. The van der Waals surface area contributed by atoms with Crippen LogP contribution in [-0.4, -0.2) is 102 Å². The van der Waals surface area contributed by atoms with Crippen LogP contribution < -0.4 is 32.4 Å². The number of phenolic OH excluding ortho intramolecular Hbond substituents is 1. The monoisotopic (exact) mass is 1030 g/mol.